The van der Waals surface area contributed by atoms with Crippen molar-refractivity contribution < 1.29 is 14.3 Å². The summed E-state index contributed by atoms with van der Waals surface area (Å²) in [6.45, 7) is 6.37. The van der Waals surface area contributed by atoms with Crippen LogP contribution in [0.5, 0.6) is 11.5 Å². The molecule has 0 bridgehead atoms. The molecule has 0 radical (unpaired) electrons. The molecule has 1 aromatic carbocycles. The Labute approximate surface area is 161 Å². The minimum Gasteiger partial charge on any atom is -0.493 e. The number of hydrogen-bond donors (Lipinski definition) is 2. The highest BCUT2D eigenvalue weighted by atomic mass is 35.5. The number of benzene rings is 1. The van der Waals surface area contributed by atoms with Gasteiger partial charge in [-0.05, 0) is 61.9 Å². The highest BCUT2D eigenvalue weighted by Crippen LogP contribution is 2.58. The highest BCUT2D eigenvalue weighted by molar-refractivity contribution is 5.85. The summed E-state index contributed by atoms with van der Waals surface area (Å²) in [4.78, 5) is 12.5. The van der Waals surface area contributed by atoms with E-state index in [0.29, 0.717) is 18.7 Å². The number of halogens is 1. The van der Waals surface area contributed by atoms with E-state index in [4.69, 9.17) is 9.47 Å². The molecule has 5 nitrogen and oxygen atoms in total. The second-order valence-electron chi connectivity index (χ2n) is 7.07. The number of allylic oxidation sites excluding steroid dienone is 1. The lowest BCUT2D eigenvalue weighted by Crippen LogP contribution is -2.33. The summed E-state index contributed by atoms with van der Waals surface area (Å²) in [6, 6.07) is 3.98. The van der Waals surface area contributed by atoms with Gasteiger partial charge in [0.15, 0.2) is 11.5 Å². The van der Waals surface area contributed by atoms with Crippen molar-refractivity contribution in [1.82, 2.24) is 10.6 Å². The van der Waals surface area contributed by atoms with E-state index in [2.05, 4.69) is 23.3 Å². The Bertz CT molecular complexity index is 657. The molecule has 2 fully saturated rings. The second-order valence-corrected chi connectivity index (χ2v) is 7.07. The van der Waals surface area contributed by atoms with Gasteiger partial charge in [0.1, 0.15) is 0 Å². The van der Waals surface area contributed by atoms with E-state index >= 15 is 0 Å². The zero-order chi connectivity index (χ0) is 17.9. The molecule has 1 saturated carbocycles. The first-order valence-electron chi connectivity index (χ1n) is 8.96. The highest BCUT2D eigenvalue weighted by Gasteiger charge is 2.57. The lowest BCUT2D eigenvalue weighted by atomic mass is 9.92. The third kappa shape index (κ3) is 4.15. The molecule has 1 atom stereocenters. The monoisotopic (exact) mass is 380 g/mol. The lowest BCUT2D eigenvalue weighted by molar-refractivity contribution is -0.123. The molecule has 2 N–H and O–H groups in total. The molecule has 0 aromatic heterocycles. The molecule has 6 heteroatoms. The number of carbonyl (C=O) groups excluding carboxylic acids is 1. The van der Waals surface area contributed by atoms with Crippen LogP contribution in [0, 0.1) is 11.3 Å². The van der Waals surface area contributed by atoms with Gasteiger partial charge in [-0.1, -0.05) is 6.08 Å². The summed E-state index contributed by atoms with van der Waals surface area (Å²) < 4.78 is 10.9. The average molecular weight is 381 g/mol. The molecule has 1 aliphatic carbocycles. The van der Waals surface area contributed by atoms with Crippen LogP contribution in [-0.4, -0.2) is 33.2 Å². The average Bonchev–Trinajstić information content (AvgIpc) is 3.33. The van der Waals surface area contributed by atoms with Gasteiger partial charge in [0.05, 0.1) is 14.2 Å². The van der Waals surface area contributed by atoms with Crippen molar-refractivity contribution in [1.29, 1.82) is 0 Å². The van der Waals surface area contributed by atoms with Crippen LogP contribution >= 0.6 is 12.4 Å². The largest absolute Gasteiger partial charge is 0.493 e. The maximum Gasteiger partial charge on any atom is 0.223 e. The fraction of sp³-hybridized carbons (Fsp3) is 0.550. The van der Waals surface area contributed by atoms with E-state index in [0.717, 1.165) is 49.2 Å². The number of amides is 1. The van der Waals surface area contributed by atoms with Gasteiger partial charge in [-0.2, -0.15) is 0 Å². The van der Waals surface area contributed by atoms with Gasteiger partial charge in [-0.25, -0.2) is 0 Å². The van der Waals surface area contributed by atoms with Gasteiger partial charge in [0.2, 0.25) is 5.91 Å². The molecular formula is C20H29ClN2O3. The van der Waals surface area contributed by atoms with Crippen LogP contribution in [0.1, 0.15) is 30.4 Å². The minimum atomic E-state index is 0. The van der Waals surface area contributed by atoms with E-state index in [1.807, 2.05) is 12.1 Å². The normalized spacial score (nSPS) is 20.0. The zero-order valence-corrected chi connectivity index (χ0v) is 16.4. The molecule has 144 valence electrons. The predicted molar refractivity (Wildman–Crippen MR) is 105 cm³/mol. The summed E-state index contributed by atoms with van der Waals surface area (Å²) in [5.74, 6) is 1.78. The number of ether oxygens (including phenoxy) is 2. The number of nitrogens with one attached hydrogen (secondary N) is 2. The van der Waals surface area contributed by atoms with Crippen LogP contribution in [-0.2, 0) is 17.8 Å². The number of hydrogen-bond acceptors (Lipinski definition) is 4. The van der Waals surface area contributed by atoms with Gasteiger partial charge in [0.25, 0.3) is 0 Å². The van der Waals surface area contributed by atoms with Gasteiger partial charge in [0, 0.05) is 18.0 Å². The molecule has 1 unspecified atom stereocenters. The van der Waals surface area contributed by atoms with Gasteiger partial charge in [-0.3, -0.25) is 4.79 Å². The van der Waals surface area contributed by atoms with E-state index in [1.54, 1.807) is 14.2 Å². The predicted octanol–water partition coefficient (Wildman–Crippen LogP) is 2.86. The van der Waals surface area contributed by atoms with Crippen molar-refractivity contribution in [3.05, 3.63) is 35.9 Å². The molecule has 3 rings (SSSR count). The number of carbonyl (C=O) groups is 1. The molecule has 2 aliphatic rings. The summed E-state index contributed by atoms with van der Waals surface area (Å²) in [6.07, 6.45) is 5.80. The fourth-order valence-electron chi connectivity index (χ4n) is 4.02. The first-order chi connectivity index (χ1) is 12.1. The number of rotatable bonds is 7. The molecule has 1 aliphatic heterocycles. The lowest BCUT2D eigenvalue weighted by Gasteiger charge is -2.23. The topological polar surface area (TPSA) is 59.6 Å². The quantitative estimate of drug-likeness (QED) is 0.714. The molecule has 1 spiro atoms. The maximum atomic E-state index is 12.5. The smallest absolute Gasteiger partial charge is 0.223 e. The van der Waals surface area contributed by atoms with Crippen molar-refractivity contribution in [2.75, 3.05) is 27.3 Å². The first-order valence-corrected chi connectivity index (χ1v) is 8.96. The summed E-state index contributed by atoms with van der Waals surface area (Å²) in [5.41, 5.74) is 2.30. The zero-order valence-electron chi connectivity index (χ0n) is 15.6. The van der Waals surface area contributed by atoms with Gasteiger partial charge in [-0.15, -0.1) is 19.0 Å². The van der Waals surface area contributed by atoms with Gasteiger partial charge >= 0.3 is 0 Å². The summed E-state index contributed by atoms with van der Waals surface area (Å²) in [5, 5.41) is 6.48. The number of methoxy groups -OCH3 is 2. The third-order valence-electron chi connectivity index (χ3n) is 5.55. The van der Waals surface area contributed by atoms with Crippen LogP contribution in [0.15, 0.2) is 24.8 Å². The third-order valence-corrected chi connectivity index (χ3v) is 5.55. The maximum absolute atomic E-state index is 12.5. The van der Waals surface area contributed by atoms with E-state index in [1.165, 1.54) is 0 Å². The molecule has 1 amide bonds. The van der Waals surface area contributed by atoms with Crippen molar-refractivity contribution in [3.8, 4) is 11.5 Å². The van der Waals surface area contributed by atoms with Crippen LogP contribution in [0.2, 0.25) is 0 Å². The SMILES string of the molecule is C=CCc1cc(CNC(=O)C2CC23CCNCC3)cc(OC)c1OC.Cl. The standard InChI is InChI=1S/C20H28N2O3.ClH/c1-4-5-15-10-14(11-17(24-2)18(15)25-3)13-22-19(23)16-12-20(16)6-8-21-9-7-20;/h4,10-11,16,21H,1,5-9,12-13H2,2-3H3,(H,22,23);1H. The fourth-order valence-corrected chi connectivity index (χ4v) is 4.02. The molecular weight excluding hydrogens is 352 g/mol. The van der Waals surface area contributed by atoms with Gasteiger partial charge < -0.3 is 20.1 Å². The first kappa shape index (κ1) is 20.6. The van der Waals surface area contributed by atoms with Crippen LogP contribution in [0.25, 0.3) is 0 Å². The van der Waals surface area contributed by atoms with Crippen LogP contribution in [0.4, 0.5) is 0 Å². The summed E-state index contributed by atoms with van der Waals surface area (Å²) >= 11 is 0. The Morgan fingerprint density at radius 2 is 2.08 bits per heavy atom. The Hall–Kier alpha value is -1.72. The van der Waals surface area contributed by atoms with E-state index in [9.17, 15) is 4.79 Å². The molecule has 26 heavy (non-hydrogen) atoms. The van der Waals surface area contributed by atoms with Crippen molar-refractivity contribution >= 4 is 18.3 Å². The van der Waals surface area contributed by atoms with E-state index < -0.39 is 0 Å². The Morgan fingerprint density at radius 3 is 2.69 bits per heavy atom. The molecule has 1 heterocycles. The second kappa shape index (κ2) is 8.78. The van der Waals surface area contributed by atoms with Crippen molar-refractivity contribution in [3.63, 3.8) is 0 Å². The van der Waals surface area contributed by atoms with Crippen LogP contribution in [0.3, 0.4) is 0 Å². The molecule has 1 saturated heterocycles. The minimum absolute atomic E-state index is 0. The summed E-state index contributed by atoms with van der Waals surface area (Å²) in [7, 11) is 3.26. The Morgan fingerprint density at radius 1 is 1.35 bits per heavy atom. The van der Waals surface area contributed by atoms with Crippen LogP contribution < -0.4 is 20.1 Å². The molecule has 1 aromatic rings. The van der Waals surface area contributed by atoms with E-state index in [-0.39, 0.29) is 29.6 Å². The van der Waals surface area contributed by atoms with Crippen molar-refractivity contribution in [2.45, 2.75) is 32.2 Å². The Kier molecular flexibility index (Phi) is 6.95. The Balaban J connectivity index is 0.00000243. The van der Waals surface area contributed by atoms with Crippen molar-refractivity contribution in [2.24, 2.45) is 11.3 Å². The number of piperidine rings is 1.